The van der Waals surface area contributed by atoms with Crippen LogP contribution in [-0.2, 0) is 19.3 Å². The Kier molecular flexibility index (Phi) is 43.9. The predicted molar refractivity (Wildman–Crippen MR) is 532 cm³/mol. The normalized spacial score (nSPS) is 14.6. The first-order valence-electron chi connectivity index (χ1n) is 47.1. The number of aryl methyl sites for hydroxylation is 10. The molecule has 0 radical (unpaired) electrons. The Morgan fingerprint density at radius 1 is 0.175 bits per heavy atom. The smallest absolute Gasteiger partial charge is 0.0162 e. The lowest BCUT2D eigenvalue weighted by atomic mass is 9.77. The van der Waals surface area contributed by atoms with E-state index in [1.165, 1.54) is 321 Å². The van der Waals surface area contributed by atoms with Crippen molar-refractivity contribution in [3.8, 4) is 66.8 Å². The van der Waals surface area contributed by atoms with E-state index in [0.29, 0.717) is 0 Å². The van der Waals surface area contributed by atoms with Gasteiger partial charge in [-0.05, 0) is 257 Å². The summed E-state index contributed by atoms with van der Waals surface area (Å²) in [4.78, 5) is 0. The lowest BCUT2D eigenvalue weighted by Gasteiger charge is -2.29. The Bertz CT molecular complexity index is 4550. The van der Waals surface area contributed by atoms with Crippen LogP contribution in [-0.4, -0.2) is 0 Å². The summed E-state index contributed by atoms with van der Waals surface area (Å²) in [5.74, 6) is 3.66. The fourth-order valence-electron chi connectivity index (χ4n) is 16.9. The highest BCUT2D eigenvalue weighted by Gasteiger charge is 2.24. The van der Waals surface area contributed by atoms with E-state index < -0.39 is 0 Å². The molecule has 2 saturated carbocycles. The third kappa shape index (κ3) is 34.6. The summed E-state index contributed by atoms with van der Waals surface area (Å²) < 4.78 is 0. The van der Waals surface area contributed by atoms with Crippen molar-refractivity contribution in [2.75, 3.05) is 0 Å². The topological polar surface area (TPSA) is 0 Å². The van der Waals surface area contributed by atoms with Crippen molar-refractivity contribution in [2.45, 2.75) is 301 Å². The van der Waals surface area contributed by atoms with Crippen molar-refractivity contribution in [2.24, 2.45) is 11.8 Å². The highest BCUT2D eigenvalue weighted by molar-refractivity contribution is 5.71. The summed E-state index contributed by atoms with van der Waals surface area (Å²) >= 11 is 0. The molecule has 2 aliphatic rings. The van der Waals surface area contributed by atoms with Crippen LogP contribution >= 0.6 is 0 Å². The minimum absolute atomic E-state index is 0. The van der Waals surface area contributed by atoms with Crippen LogP contribution in [0.1, 0.15) is 300 Å². The molecule has 0 amide bonds. The Morgan fingerprint density at radius 2 is 0.333 bits per heavy atom. The second-order valence-corrected chi connectivity index (χ2v) is 35.3. The molecule has 0 saturated heterocycles. The molecule has 12 aromatic rings. The zero-order valence-corrected chi connectivity index (χ0v) is 75.9. The van der Waals surface area contributed by atoms with Crippen LogP contribution in [0.2, 0.25) is 0 Å². The number of hydrogen-bond acceptors (Lipinski definition) is 0. The molecular formula is C120H154. The van der Waals surface area contributed by atoms with Crippen molar-refractivity contribution in [3.05, 3.63) is 358 Å². The zero-order chi connectivity index (χ0) is 84.0. The van der Waals surface area contributed by atoms with Gasteiger partial charge in [0.25, 0.3) is 0 Å². The number of hydrogen-bond donors (Lipinski definition) is 0. The Labute approximate surface area is 733 Å². The molecule has 12 aromatic carbocycles. The fourth-order valence-corrected chi connectivity index (χ4v) is 16.9. The van der Waals surface area contributed by atoms with Crippen molar-refractivity contribution in [1.82, 2.24) is 0 Å². The molecule has 120 heavy (non-hydrogen) atoms. The van der Waals surface area contributed by atoms with Crippen LogP contribution in [0.5, 0.6) is 0 Å². The molecule has 0 heteroatoms. The van der Waals surface area contributed by atoms with E-state index >= 15 is 0 Å². The molecule has 0 bridgehead atoms. The molecule has 634 valence electrons. The van der Waals surface area contributed by atoms with E-state index in [-0.39, 0.29) is 7.43 Å². The van der Waals surface area contributed by atoms with Gasteiger partial charge in [-0.3, -0.25) is 0 Å². The van der Waals surface area contributed by atoms with Crippen LogP contribution in [0, 0.1) is 60.3 Å². The van der Waals surface area contributed by atoms with Crippen LogP contribution in [0.4, 0.5) is 0 Å². The molecule has 0 aliphatic heterocycles. The Morgan fingerprint density at radius 3 is 0.575 bits per heavy atom. The maximum absolute atomic E-state index is 2.37. The van der Waals surface area contributed by atoms with Gasteiger partial charge in [0.1, 0.15) is 0 Å². The van der Waals surface area contributed by atoms with Gasteiger partial charge in [0.05, 0.1) is 0 Å². The van der Waals surface area contributed by atoms with Crippen LogP contribution in [0.25, 0.3) is 66.8 Å². The molecule has 0 atom stereocenters. The maximum atomic E-state index is 2.37. The summed E-state index contributed by atoms with van der Waals surface area (Å²) in [7, 11) is 0. The third-order valence-corrected chi connectivity index (χ3v) is 25.1. The summed E-state index contributed by atoms with van der Waals surface area (Å²) in [6.07, 6.45) is 42.5. The Balaban J connectivity index is 0.000000180. The largest absolute Gasteiger partial charge is 0.0776 e. The van der Waals surface area contributed by atoms with Crippen LogP contribution in [0.15, 0.2) is 291 Å². The van der Waals surface area contributed by atoms with Crippen molar-refractivity contribution >= 4 is 0 Å². The SMILES string of the molecule is C.CCCCCC1CCC(c2ccc(-c3ccc(C)cc3)cc2)CC1.CCCCCCC1CCC(c2ccc(C)cc2)CC1.CCCCCCCc1ccc(-c2ccc(C)cc2)cc1.CCCCCc1ccc(-c2ccc(-c3ccc(C)cc3)cc2)cc1.CCCCCc1ccc(-c2ccc(C)cc2)cc1.Cc1ccc(-c2ccc(C)cc2)cc1. The summed E-state index contributed by atoms with van der Waals surface area (Å²) in [5, 5.41) is 0. The monoisotopic (exact) mass is 1600 g/mol. The van der Waals surface area contributed by atoms with E-state index in [2.05, 4.69) is 374 Å². The highest BCUT2D eigenvalue weighted by atomic mass is 14.3. The van der Waals surface area contributed by atoms with E-state index in [9.17, 15) is 0 Å². The van der Waals surface area contributed by atoms with Gasteiger partial charge < -0.3 is 0 Å². The molecule has 0 nitrogen and oxygen atoms in total. The minimum Gasteiger partial charge on any atom is -0.0776 e. The van der Waals surface area contributed by atoms with E-state index in [4.69, 9.17) is 0 Å². The standard InChI is InChI=1S/C24H32.C24H26.C20H26.C19H30.C18H22.C14H14.CH4/c2*1-3-4-5-6-20-9-13-22(14-10-20)24-17-15-23(16-18-24)21-11-7-19(2)8-12-21;1-3-4-5-6-7-8-18-11-15-20(16-12-18)19-13-9-17(2)10-14-19;1-3-4-5-6-7-17-10-14-19(15-11-17)18-12-8-16(2)9-13-18;1-3-4-5-6-16-9-13-18(14-10-16)17-11-7-15(2)8-12-17;1-11-3-7-13(8-4-11)14-9-5-12(2)6-10-14;/h7-8,11-12,15-18,20,22H,3-6,9-10,13-14H2,1-2H3;7-18H,3-6H2,1-2H3;9-16H,3-8H2,1-2H3;8-9,12-13,17,19H,3-7,10-11,14-15H2,1-2H3;7-14H,3-6H2,1-2H3;3-10H,1-2H3;1H4. The second kappa shape index (κ2) is 54.8. The molecule has 0 N–H and O–H groups in total. The van der Waals surface area contributed by atoms with Gasteiger partial charge in [-0.2, -0.15) is 0 Å². The Hall–Kier alpha value is -9.36. The molecule has 14 rings (SSSR count). The van der Waals surface area contributed by atoms with Gasteiger partial charge >= 0.3 is 0 Å². The molecule has 0 heterocycles. The van der Waals surface area contributed by atoms with Gasteiger partial charge in [-0.15, -0.1) is 0 Å². The van der Waals surface area contributed by atoms with Crippen LogP contribution in [0.3, 0.4) is 0 Å². The van der Waals surface area contributed by atoms with Gasteiger partial charge in [-0.1, -0.05) is 481 Å². The molecular weight excluding hydrogens is 1440 g/mol. The zero-order valence-electron chi connectivity index (χ0n) is 75.9. The average Bonchev–Trinajstić information content (AvgIpc) is 0.847. The van der Waals surface area contributed by atoms with Gasteiger partial charge in [0, 0.05) is 0 Å². The van der Waals surface area contributed by atoms with Gasteiger partial charge in [-0.25, -0.2) is 0 Å². The fraction of sp³-hybridized carbons (Fsp3) is 0.400. The second-order valence-electron chi connectivity index (χ2n) is 35.3. The van der Waals surface area contributed by atoms with Crippen molar-refractivity contribution in [1.29, 1.82) is 0 Å². The lowest BCUT2D eigenvalue weighted by Crippen LogP contribution is -2.13. The number of rotatable bonds is 31. The highest BCUT2D eigenvalue weighted by Crippen LogP contribution is 2.40. The maximum Gasteiger partial charge on any atom is -0.0162 e. The summed E-state index contributed by atoms with van der Waals surface area (Å²) in [6, 6.07) is 107. The summed E-state index contributed by atoms with van der Waals surface area (Å²) in [5.41, 5.74) is 32.4. The minimum atomic E-state index is 0. The quantitative estimate of drug-likeness (QED) is 0.0380. The van der Waals surface area contributed by atoms with Gasteiger partial charge in [0.15, 0.2) is 0 Å². The molecule has 0 unspecified atom stereocenters. The van der Waals surface area contributed by atoms with Gasteiger partial charge in [0.2, 0.25) is 0 Å². The lowest BCUT2D eigenvalue weighted by molar-refractivity contribution is 0.302. The van der Waals surface area contributed by atoms with Crippen molar-refractivity contribution < 1.29 is 0 Å². The molecule has 0 aromatic heterocycles. The molecule has 2 fully saturated rings. The predicted octanol–water partition coefficient (Wildman–Crippen LogP) is 37.0. The summed E-state index contributed by atoms with van der Waals surface area (Å²) in [6.45, 7) is 26.3. The van der Waals surface area contributed by atoms with Crippen LogP contribution < -0.4 is 0 Å². The molecule has 2 aliphatic carbocycles. The number of unbranched alkanes of at least 4 members (excludes halogenated alkanes) is 13. The molecule has 0 spiro atoms. The first-order chi connectivity index (χ1) is 58.1. The van der Waals surface area contributed by atoms with Crippen molar-refractivity contribution in [3.63, 3.8) is 0 Å². The first-order valence-corrected chi connectivity index (χ1v) is 47.1. The van der Waals surface area contributed by atoms with E-state index in [1.54, 1.807) is 11.1 Å². The third-order valence-electron chi connectivity index (χ3n) is 25.1. The first kappa shape index (κ1) is 96.1. The number of benzene rings is 12. The average molecular weight is 1600 g/mol. The van der Waals surface area contributed by atoms with E-state index in [1.807, 2.05) is 0 Å². The van der Waals surface area contributed by atoms with E-state index in [0.717, 1.165) is 23.7 Å².